The molecule has 2 rings (SSSR count). The summed E-state index contributed by atoms with van der Waals surface area (Å²) in [5, 5.41) is 12.6. The molecule has 1 atom stereocenters. The Balaban J connectivity index is 1.97. The van der Waals surface area contributed by atoms with E-state index in [9.17, 15) is 5.11 Å². The molecule has 2 N–H and O–H groups in total. The Kier molecular flexibility index (Phi) is 4.36. The molecule has 0 saturated heterocycles. The summed E-state index contributed by atoms with van der Waals surface area (Å²) in [6.45, 7) is 0.650. The minimum absolute atomic E-state index is 0.0614. The summed E-state index contributed by atoms with van der Waals surface area (Å²) in [6, 6.07) is 13.6. The Morgan fingerprint density at radius 1 is 1.18 bits per heavy atom. The van der Waals surface area contributed by atoms with Gasteiger partial charge in [-0.1, -0.05) is 30.3 Å². The van der Waals surface area contributed by atoms with Crippen molar-refractivity contribution in [1.29, 1.82) is 0 Å². The molecule has 1 unspecified atom stereocenters. The van der Waals surface area contributed by atoms with Crippen molar-refractivity contribution in [3.63, 3.8) is 0 Å². The Bertz CT molecular complexity index is 455. The van der Waals surface area contributed by atoms with Crippen molar-refractivity contribution in [2.45, 2.75) is 12.6 Å². The molecule has 17 heavy (non-hydrogen) atoms. The number of furan rings is 1. The van der Waals surface area contributed by atoms with Crippen molar-refractivity contribution < 1.29 is 9.52 Å². The van der Waals surface area contributed by atoms with Gasteiger partial charge >= 0.3 is 0 Å². The van der Waals surface area contributed by atoms with Gasteiger partial charge in [-0.2, -0.15) is 0 Å². The number of rotatable bonds is 5. The molecule has 0 bridgehead atoms. The van der Waals surface area contributed by atoms with Crippen LogP contribution in [0, 0.1) is 0 Å². The summed E-state index contributed by atoms with van der Waals surface area (Å²) in [7, 11) is 0. The highest BCUT2D eigenvalue weighted by Crippen LogP contribution is 2.16. The molecule has 0 fully saturated rings. The van der Waals surface area contributed by atoms with Crippen LogP contribution in [-0.2, 0) is 6.54 Å². The smallest absolute Gasteiger partial charge is 0.169 e. The standard InChI is InChI=1S/C13H14BrNO2/c14-13-7-6-11(17-13)8-15-12(9-16)10-4-2-1-3-5-10/h1-7,12,15-16H,8-9H2. The van der Waals surface area contributed by atoms with Crippen molar-refractivity contribution in [3.05, 3.63) is 58.5 Å². The summed E-state index contributed by atoms with van der Waals surface area (Å²) in [6.07, 6.45) is 0. The Hall–Kier alpha value is -1.10. The van der Waals surface area contributed by atoms with E-state index in [1.807, 2.05) is 42.5 Å². The van der Waals surface area contributed by atoms with E-state index in [1.54, 1.807) is 0 Å². The number of nitrogens with one attached hydrogen (secondary N) is 1. The third kappa shape index (κ3) is 3.43. The van der Waals surface area contributed by atoms with Crippen LogP contribution in [0.5, 0.6) is 0 Å². The van der Waals surface area contributed by atoms with Crippen LogP contribution in [0.4, 0.5) is 0 Å². The van der Waals surface area contributed by atoms with E-state index in [1.165, 1.54) is 0 Å². The van der Waals surface area contributed by atoms with Gasteiger partial charge in [-0.15, -0.1) is 0 Å². The van der Waals surface area contributed by atoms with Crippen molar-refractivity contribution in [2.75, 3.05) is 6.61 Å². The van der Waals surface area contributed by atoms with E-state index in [0.29, 0.717) is 6.54 Å². The zero-order valence-corrected chi connectivity index (χ0v) is 10.9. The molecule has 4 heteroatoms. The second-order valence-corrected chi connectivity index (χ2v) is 4.51. The summed E-state index contributed by atoms with van der Waals surface area (Å²) in [5.74, 6) is 0.839. The molecule has 1 aromatic carbocycles. The lowest BCUT2D eigenvalue weighted by Crippen LogP contribution is -2.23. The van der Waals surface area contributed by atoms with Gasteiger partial charge in [0.2, 0.25) is 0 Å². The van der Waals surface area contributed by atoms with Crippen LogP contribution in [0.25, 0.3) is 0 Å². The third-order valence-electron chi connectivity index (χ3n) is 2.54. The molecule has 90 valence electrons. The molecule has 0 aliphatic heterocycles. The molecule has 1 heterocycles. The highest BCUT2D eigenvalue weighted by atomic mass is 79.9. The van der Waals surface area contributed by atoms with E-state index in [-0.39, 0.29) is 12.6 Å². The zero-order valence-electron chi connectivity index (χ0n) is 9.27. The zero-order chi connectivity index (χ0) is 12.1. The fourth-order valence-corrected chi connectivity index (χ4v) is 1.98. The highest BCUT2D eigenvalue weighted by molar-refractivity contribution is 9.10. The predicted molar refractivity (Wildman–Crippen MR) is 69.5 cm³/mol. The Labute approximate surface area is 109 Å². The maximum atomic E-state index is 9.36. The van der Waals surface area contributed by atoms with Crippen LogP contribution in [0.1, 0.15) is 17.4 Å². The summed E-state index contributed by atoms with van der Waals surface area (Å²) in [4.78, 5) is 0. The number of benzene rings is 1. The monoisotopic (exact) mass is 295 g/mol. The minimum atomic E-state index is -0.0694. The predicted octanol–water partition coefficient (Wildman–Crippen LogP) is 2.87. The summed E-state index contributed by atoms with van der Waals surface area (Å²) >= 11 is 3.26. The normalized spacial score (nSPS) is 12.6. The Morgan fingerprint density at radius 2 is 1.94 bits per heavy atom. The SMILES string of the molecule is OCC(NCc1ccc(Br)o1)c1ccccc1. The van der Waals surface area contributed by atoms with Gasteiger partial charge in [-0.3, -0.25) is 0 Å². The molecule has 3 nitrogen and oxygen atoms in total. The number of aliphatic hydroxyl groups excluding tert-OH is 1. The number of aliphatic hydroxyl groups is 1. The van der Waals surface area contributed by atoms with Gasteiger partial charge in [0.15, 0.2) is 4.67 Å². The number of halogens is 1. The van der Waals surface area contributed by atoms with Crippen LogP contribution in [0.3, 0.4) is 0 Å². The number of hydrogen-bond acceptors (Lipinski definition) is 3. The molecular weight excluding hydrogens is 282 g/mol. The molecule has 0 aliphatic rings. The topological polar surface area (TPSA) is 45.4 Å². The molecule has 2 aromatic rings. The molecular formula is C13H14BrNO2. The quantitative estimate of drug-likeness (QED) is 0.892. The fourth-order valence-electron chi connectivity index (χ4n) is 1.64. The maximum Gasteiger partial charge on any atom is 0.169 e. The van der Waals surface area contributed by atoms with Crippen molar-refractivity contribution >= 4 is 15.9 Å². The first-order chi connectivity index (χ1) is 8.29. The first kappa shape index (κ1) is 12.4. The lowest BCUT2D eigenvalue weighted by Gasteiger charge is -2.15. The Morgan fingerprint density at radius 3 is 2.53 bits per heavy atom. The van der Waals surface area contributed by atoms with Crippen LogP contribution in [-0.4, -0.2) is 11.7 Å². The van der Waals surface area contributed by atoms with Gasteiger partial charge in [0.25, 0.3) is 0 Å². The highest BCUT2D eigenvalue weighted by Gasteiger charge is 2.09. The van der Waals surface area contributed by atoms with Crippen molar-refractivity contribution in [3.8, 4) is 0 Å². The van der Waals surface area contributed by atoms with Crippen LogP contribution in [0.15, 0.2) is 51.6 Å². The number of hydrogen-bond donors (Lipinski definition) is 2. The molecule has 0 spiro atoms. The lowest BCUT2D eigenvalue weighted by atomic mass is 10.1. The molecule has 1 aromatic heterocycles. The average Bonchev–Trinajstić information content (AvgIpc) is 2.77. The van der Waals surface area contributed by atoms with Gasteiger partial charge in [0.05, 0.1) is 19.2 Å². The largest absolute Gasteiger partial charge is 0.453 e. The van der Waals surface area contributed by atoms with E-state index >= 15 is 0 Å². The minimum Gasteiger partial charge on any atom is -0.453 e. The lowest BCUT2D eigenvalue weighted by molar-refractivity contribution is 0.240. The van der Waals surface area contributed by atoms with Crippen LogP contribution >= 0.6 is 15.9 Å². The van der Waals surface area contributed by atoms with E-state index < -0.39 is 0 Å². The van der Waals surface area contributed by atoms with Gasteiger partial charge < -0.3 is 14.8 Å². The first-order valence-corrected chi connectivity index (χ1v) is 6.22. The van der Waals surface area contributed by atoms with Gasteiger partial charge in [-0.25, -0.2) is 0 Å². The summed E-state index contributed by atoms with van der Waals surface area (Å²) < 4.78 is 6.10. The van der Waals surface area contributed by atoms with E-state index in [2.05, 4.69) is 21.2 Å². The van der Waals surface area contributed by atoms with Gasteiger partial charge in [0, 0.05) is 0 Å². The second-order valence-electron chi connectivity index (χ2n) is 3.73. The van der Waals surface area contributed by atoms with Crippen LogP contribution in [0.2, 0.25) is 0 Å². The molecule has 0 radical (unpaired) electrons. The van der Waals surface area contributed by atoms with Gasteiger partial charge in [0.1, 0.15) is 5.76 Å². The second kappa shape index (κ2) is 6.00. The van der Waals surface area contributed by atoms with Crippen LogP contribution < -0.4 is 5.32 Å². The van der Waals surface area contributed by atoms with E-state index in [4.69, 9.17) is 4.42 Å². The third-order valence-corrected chi connectivity index (χ3v) is 2.96. The average molecular weight is 296 g/mol. The molecule has 0 amide bonds. The van der Waals surface area contributed by atoms with Crippen molar-refractivity contribution in [1.82, 2.24) is 5.32 Å². The molecule has 0 saturated carbocycles. The molecule has 0 aliphatic carbocycles. The fraction of sp³-hybridized carbons (Fsp3) is 0.231. The summed E-state index contributed by atoms with van der Waals surface area (Å²) in [5.41, 5.74) is 1.07. The maximum absolute atomic E-state index is 9.36. The van der Waals surface area contributed by atoms with Crippen molar-refractivity contribution in [2.24, 2.45) is 0 Å². The van der Waals surface area contributed by atoms with Gasteiger partial charge in [-0.05, 0) is 33.6 Å². The van der Waals surface area contributed by atoms with E-state index in [0.717, 1.165) is 16.0 Å². The first-order valence-electron chi connectivity index (χ1n) is 5.43.